The lowest BCUT2D eigenvalue weighted by molar-refractivity contribution is 0.385. The first-order valence-corrected chi connectivity index (χ1v) is 9.11. The third kappa shape index (κ3) is 3.96. The molecule has 2 aromatic heterocycles. The molecule has 0 spiro atoms. The van der Waals surface area contributed by atoms with E-state index in [2.05, 4.69) is 19.8 Å². The van der Waals surface area contributed by atoms with Crippen LogP contribution >= 0.6 is 0 Å². The molecule has 0 aliphatic rings. The third-order valence-corrected chi connectivity index (χ3v) is 3.98. The number of benzene rings is 1. The van der Waals surface area contributed by atoms with Crippen LogP contribution in [0.15, 0.2) is 47.1 Å². The smallest absolute Gasteiger partial charge is 0.231 e. The first kappa shape index (κ1) is 16.1. The molecule has 1 N–H and O–H groups in total. The minimum atomic E-state index is -3.29. The van der Waals surface area contributed by atoms with Crippen LogP contribution in [-0.2, 0) is 16.4 Å². The Morgan fingerprint density at radius 3 is 2.58 bits per heavy atom. The molecule has 2 heterocycles. The molecule has 7 nitrogen and oxygen atoms in total. The molecule has 0 radical (unpaired) electrons. The molecule has 0 saturated heterocycles. The minimum absolute atomic E-state index is 0.456. The SMILES string of the molecule is Cc1ncccc1Cc1nc(-c2ccc(NS(C)(=O)=O)cc2)no1. The van der Waals surface area contributed by atoms with Crippen LogP contribution in [0.25, 0.3) is 11.4 Å². The first-order valence-electron chi connectivity index (χ1n) is 7.22. The zero-order valence-corrected chi connectivity index (χ0v) is 14.0. The zero-order chi connectivity index (χ0) is 17.2. The van der Waals surface area contributed by atoms with Gasteiger partial charge in [-0.05, 0) is 42.8 Å². The van der Waals surface area contributed by atoms with Crippen molar-refractivity contribution < 1.29 is 12.9 Å². The molecule has 3 rings (SSSR count). The van der Waals surface area contributed by atoms with E-state index in [0.29, 0.717) is 23.8 Å². The van der Waals surface area contributed by atoms with Gasteiger partial charge < -0.3 is 4.52 Å². The van der Waals surface area contributed by atoms with Crippen LogP contribution in [0.2, 0.25) is 0 Å². The summed E-state index contributed by atoms with van der Waals surface area (Å²) in [5.41, 5.74) is 3.18. The summed E-state index contributed by atoms with van der Waals surface area (Å²) in [5, 5.41) is 3.97. The number of sulfonamides is 1. The monoisotopic (exact) mass is 344 g/mol. The summed E-state index contributed by atoms with van der Waals surface area (Å²) in [6.07, 6.45) is 3.36. The maximum Gasteiger partial charge on any atom is 0.231 e. The molecule has 8 heteroatoms. The van der Waals surface area contributed by atoms with Gasteiger partial charge in [0.25, 0.3) is 0 Å². The van der Waals surface area contributed by atoms with Gasteiger partial charge in [-0.1, -0.05) is 11.2 Å². The predicted molar refractivity (Wildman–Crippen MR) is 90.0 cm³/mol. The molecule has 0 aliphatic carbocycles. The molecule has 0 aliphatic heterocycles. The number of hydrogen-bond acceptors (Lipinski definition) is 6. The lowest BCUT2D eigenvalue weighted by Gasteiger charge is -2.03. The van der Waals surface area contributed by atoms with Gasteiger partial charge in [-0.3, -0.25) is 9.71 Å². The van der Waals surface area contributed by atoms with E-state index in [1.165, 1.54) is 0 Å². The molecule has 0 amide bonds. The standard InChI is InChI=1S/C16H16N4O3S/c1-11-13(4-3-9-17-11)10-15-18-16(19-23-15)12-5-7-14(8-6-12)20-24(2,21)22/h3-9,20H,10H2,1-2H3. The van der Waals surface area contributed by atoms with Crippen LogP contribution in [0.5, 0.6) is 0 Å². The first-order chi connectivity index (χ1) is 11.4. The minimum Gasteiger partial charge on any atom is -0.339 e. The third-order valence-electron chi connectivity index (χ3n) is 3.37. The largest absolute Gasteiger partial charge is 0.339 e. The van der Waals surface area contributed by atoms with Crippen LogP contribution in [0.4, 0.5) is 5.69 Å². The lowest BCUT2D eigenvalue weighted by atomic mass is 10.1. The summed E-state index contributed by atoms with van der Waals surface area (Å²) in [6.45, 7) is 1.93. The fourth-order valence-electron chi connectivity index (χ4n) is 2.21. The molecule has 0 bridgehead atoms. The van der Waals surface area contributed by atoms with Crippen molar-refractivity contribution in [3.05, 3.63) is 59.7 Å². The molecule has 0 unspecified atom stereocenters. The van der Waals surface area contributed by atoms with Gasteiger partial charge in [-0.15, -0.1) is 0 Å². The summed E-state index contributed by atoms with van der Waals surface area (Å²) in [5.74, 6) is 0.955. The van der Waals surface area contributed by atoms with E-state index >= 15 is 0 Å². The lowest BCUT2D eigenvalue weighted by Crippen LogP contribution is -2.09. The number of anilines is 1. The highest BCUT2D eigenvalue weighted by atomic mass is 32.2. The second-order valence-electron chi connectivity index (χ2n) is 5.39. The summed E-state index contributed by atoms with van der Waals surface area (Å²) >= 11 is 0. The van der Waals surface area contributed by atoms with Crippen molar-refractivity contribution in [2.75, 3.05) is 11.0 Å². The van der Waals surface area contributed by atoms with Crippen molar-refractivity contribution in [1.82, 2.24) is 15.1 Å². The Balaban J connectivity index is 1.77. The number of rotatable bonds is 5. The van der Waals surface area contributed by atoms with Gasteiger partial charge in [0.15, 0.2) is 0 Å². The highest BCUT2D eigenvalue weighted by molar-refractivity contribution is 7.92. The maximum atomic E-state index is 11.2. The second-order valence-corrected chi connectivity index (χ2v) is 7.14. The molecule has 1 aromatic carbocycles. The number of nitrogens with zero attached hydrogens (tertiary/aromatic N) is 3. The van der Waals surface area contributed by atoms with E-state index in [1.807, 2.05) is 19.1 Å². The highest BCUT2D eigenvalue weighted by Gasteiger charge is 2.11. The van der Waals surface area contributed by atoms with E-state index in [9.17, 15) is 8.42 Å². The number of aryl methyl sites for hydroxylation is 1. The average Bonchev–Trinajstić information content (AvgIpc) is 2.97. The van der Waals surface area contributed by atoms with Gasteiger partial charge in [0.05, 0.1) is 12.7 Å². The van der Waals surface area contributed by atoms with E-state index in [4.69, 9.17) is 4.52 Å². The van der Waals surface area contributed by atoms with Gasteiger partial charge in [0, 0.05) is 23.1 Å². The predicted octanol–water partition coefficient (Wildman–Crippen LogP) is 2.40. The molecular formula is C16H16N4O3S. The van der Waals surface area contributed by atoms with Gasteiger partial charge in [-0.2, -0.15) is 4.98 Å². The maximum absolute atomic E-state index is 11.2. The summed E-state index contributed by atoms with van der Waals surface area (Å²) < 4.78 is 30.1. The number of aromatic nitrogens is 3. The van der Waals surface area contributed by atoms with E-state index in [1.54, 1.807) is 30.5 Å². The average molecular weight is 344 g/mol. The fraction of sp³-hybridized carbons (Fsp3) is 0.188. The van der Waals surface area contributed by atoms with Gasteiger partial charge >= 0.3 is 0 Å². The van der Waals surface area contributed by atoms with E-state index in [-0.39, 0.29) is 0 Å². The van der Waals surface area contributed by atoms with Crippen LogP contribution in [0.1, 0.15) is 17.1 Å². The fourth-order valence-corrected chi connectivity index (χ4v) is 2.78. The Morgan fingerprint density at radius 2 is 1.92 bits per heavy atom. The van der Waals surface area contributed by atoms with Gasteiger partial charge in [-0.25, -0.2) is 8.42 Å². The Bertz CT molecular complexity index is 949. The summed E-state index contributed by atoms with van der Waals surface area (Å²) in [7, 11) is -3.29. The number of nitrogens with one attached hydrogen (secondary N) is 1. The van der Waals surface area contributed by atoms with Crippen LogP contribution < -0.4 is 4.72 Å². The molecule has 24 heavy (non-hydrogen) atoms. The van der Waals surface area contributed by atoms with Crippen molar-refractivity contribution in [3.8, 4) is 11.4 Å². The molecular weight excluding hydrogens is 328 g/mol. The van der Waals surface area contributed by atoms with Crippen molar-refractivity contribution in [3.63, 3.8) is 0 Å². The zero-order valence-electron chi connectivity index (χ0n) is 13.2. The Labute approximate surface area is 139 Å². The Morgan fingerprint density at radius 1 is 1.17 bits per heavy atom. The number of pyridine rings is 1. The van der Waals surface area contributed by atoms with E-state index in [0.717, 1.165) is 23.1 Å². The van der Waals surface area contributed by atoms with Crippen LogP contribution in [0.3, 0.4) is 0 Å². The van der Waals surface area contributed by atoms with E-state index < -0.39 is 10.0 Å². The van der Waals surface area contributed by atoms with Crippen molar-refractivity contribution >= 4 is 15.7 Å². The van der Waals surface area contributed by atoms with Crippen molar-refractivity contribution in [2.24, 2.45) is 0 Å². The molecule has 0 atom stereocenters. The van der Waals surface area contributed by atoms with Gasteiger partial charge in [0.2, 0.25) is 21.7 Å². The topological polar surface area (TPSA) is 98.0 Å². The van der Waals surface area contributed by atoms with Crippen LogP contribution in [0, 0.1) is 6.92 Å². The van der Waals surface area contributed by atoms with Crippen LogP contribution in [-0.4, -0.2) is 29.8 Å². The summed E-state index contributed by atoms with van der Waals surface area (Å²) in [6, 6.07) is 10.6. The van der Waals surface area contributed by atoms with Crippen molar-refractivity contribution in [2.45, 2.75) is 13.3 Å². The molecule has 3 aromatic rings. The normalized spacial score (nSPS) is 11.4. The summed E-state index contributed by atoms with van der Waals surface area (Å²) in [4.78, 5) is 8.61. The highest BCUT2D eigenvalue weighted by Crippen LogP contribution is 2.20. The number of hydrogen-bond donors (Lipinski definition) is 1. The van der Waals surface area contributed by atoms with Crippen molar-refractivity contribution in [1.29, 1.82) is 0 Å². The second kappa shape index (κ2) is 6.40. The molecule has 0 saturated carbocycles. The molecule has 0 fully saturated rings. The molecule has 124 valence electrons. The Kier molecular flexibility index (Phi) is 4.30. The quantitative estimate of drug-likeness (QED) is 0.763. The van der Waals surface area contributed by atoms with Gasteiger partial charge in [0.1, 0.15) is 0 Å². The Hall–Kier alpha value is -2.74.